The van der Waals surface area contributed by atoms with Crippen molar-refractivity contribution in [2.45, 2.75) is 38.1 Å². The number of hydrogen-bond acceptors (Lipinski definition) is 2. The van der Waals surface area contributed by atoms with E-state index in [0.717, 1.165) is 38.0 Å². The molecule has 0 saturated carbocycles. The van der Waals surface area contributed by atoms with E-state index in [1.54, 1.807) is 0 Å². The molecule has 2 fully saturated rings. The zero-order valence-electron chi connectivity index (χ0n) is 12.6. The summed E-state index contributed by atoms with van der Waals surface area (Å²) in [5.41, 5.74) is 1.16. The fourth-order valence-electron chi connectivity index (χ4n) is 3.71. The van der Waals surface area contributed by atoms with E-state index >= 15 is 0 Å². The number of carbonyl (C=O) groups excluding carboxylic acids is 1. The number of halogens is 1. The highest BCUT2D eigenvalue weighted by atomic mass is 35.5. The molecule has 1 amide bonds. The number of benzene rings is 1. The van der Waals surface area contributed by atoms with Gasteiger partial charge in [0.2, 0.25) is 5.91 Å². The maximum Gasteiger partial charge on any atom is 0.230 e. The van der Waals surface area contributed by atoms with Gasteiger partial charge in [0.15, 0.2) is 0 Å². The summed E-state index contributed by atoms with van der Waals surface area (Å²) in [6.45, 7) is 5.09. The van der Waals surface area contributed by atoms with Crippen LogP contribution in [-0.4, -0.2) is 36.5 Å². The van der Waals surface area contributed by atoms with Gasteiger partial charge in [-0.25, -0.2) is 0 Å². The maximum atomic E-state index is 12.8. The Bertz CT molecular complexity index is 465. The van der Waals surface area contributed by atoms with Crippen LogP contribution in [-0.2, 0) is 4.79 Å². The second-order valence-corrected chi connectivity index (χ2v) is 6.05. The van der Waals surface area contributed by atoms with E-state index in [1.165, 1.54) is 6.42 Å². The molecular weight excluding hydrogens is 284 g/mol. The molecule has 3 rings (SSSR count). The van der Waals surface area contributed by atoms with Gasteiger partial charge in [0.1, 0.15) is 0 Å². The Morgan fingerprint density at radius 1 is 1.33 bits per heavy atom. The zero-order chi connectivity index (χ0) is 13.9. The van der Waals surface area contributed by atoms with Crippen LogP contribution in [0.4, 0.5) is 0 Å². The second kappa shape index (κ2) is 7.28. The van der Waals surface area contributed by atoms with Crippen molar-refractivity contribution in [3.05, 3.63) is 35.9 Å². The van der Waals surface area contributed by atoms with E-state index in [1.807, 2.05) is 18.2 Å². The number of rotatable bonds is 3. The van der Waals surface area contributed by atoms with Crippen LogP contribution in [0.25, 0.3) is 0 Å². The largest absolute Gasteiger partial charge is 0.342 e. The van der Waals surface area contributed by atoms with Gasteiger partial charge in [0.25, 0.3) is 0 Å². The first-order valence-corrected chi connectivity index (χ1v) is 7.86. The van der Waals surface area contributed by atoms with Crippen LogP contribution in [0.1, 0.15) is 37.7 Å². The number of nitrogens with zero attached hydrogens (tertiary/aromatic N) is 1. The minimum absolute atomic E-state index is 0. The molecule has 0 aromatic heterocycles. The van der Waals surface area contributed by atoms with E-state index in [2.05, 4.69) is 29.3 Å². The number of nitrogens with one attached hydrogen (secondary N) is 1. The molecule has 3 nitrogen and oxygen atoms in total. The molecule has 1 aromatic rings. The Morgan fingerprint density at radius 3 is 2.81 bits per heavy atom. The first kappa shape index (κ1) is 16.3. The minimum atomic E-state index is 0. The number of fused-ring (bicyclic) bond motifs is 1. The molecule has 1 N–H and O–H groups in total. The fraction of sp³-hybridized carbons (Fsp3) is 0.588. The van der Waals surface area contributed by atoms with Crippen molar-refractivity contribution in [1.82, 2.24) is 10.2 Å². The van der Waals surface area contributed by atoms with Gasteiger partial charge in [0, 0.05) is 19.1 Å². The molecule has 21 heavy (non-hydrogen) atoms. The van der Waals surface area contributed by atoms with Crippen LogP contribution in [0.5, 0.6) is 0 Å². The predicted molar refractivity (Wildman–Crippen MR) is 87.8 cm³/mol. The highest BCUT2D eigenvalue weighted by Crippen LogP contribution is 2.28. The van der Waals surface area contributed by atoms with Crippen molar-refractivity contribution in [2.24, 2.45) is 5.92 Å². The van der Waals surface area contributed by atoms with Crippen LogP contribution in [0, 0.1) is 5.92 Å². The van der Waals surface area contributed by atoms with E-state index in [4.69, 9.17) is 0 Å². The van der Waals surface area contributed by atoms with Crippen LogP contribution in [0.3, 0.4) is 0 Å². The summed E-state index contributed by atoms with van der Waals surface area (Å²) in [7, 11) is 0. The lowest BCUT2D eigenvalue weighted by Gasteiger charge is -2.36. The molecule has 0 radical (unpaired) electrons. The summed E-state index contributed by atoms with van der Waals surface area (Å²) in [5, 5.41) is 3.55. The molecule has 2 heterocycles. The number of likely N-dealkylation sites (tertiary alicyclic amines) is 1. The van der Waals surface area contributed by atoms with Gasteiger partial charge in [-0.3, -0.25) is 4.79 Å². The third-order valence-corrected chi connectivity index (χ3v) is 4.88. The maximum absolute atomic E-state index is 12.8. The Labute approximate surface area is 133 Å². The average molecular weight is 309 g/mol. The summed E-state index contributed by atoms with van der Waals surface area (Å²) in [6.07, 6.45) is 3.21. The van der Waals surface area contributed by atoms with E-state index in [-0.39, 0.29) is 18.3 Å². The molecule has 3 unspecified atom stereocenters. The molecule has 0 bridgehead atoms. The smallest absolute Gasteiger partial charge is 0.230 e. The molecule has 2 saturated heterocycles. The average Bonchev–Trinajstić information content (AvgIpc) is 2.96. The second-order valence-electron chi connectivity index (χ2n) is 6.05. The highest BCUT2D eigenvalue weighted by Gasteiger charge is 2.36. The molecular formula is C17H25ClN2O. The van der Waals surface area contributed by atoms with Crippen molar-refractivity contribution in [2.75, 3.05) is 19.6 Å². The third kappa shape index (κ3) is 3.41. The normalized spacial score (nSPS) is 25.9. The highest BCUT2D eigenvalue weighted by molar-refractivity contribution is 5.85. The first-order chi connectivity index (χ1) is 9.79. The fourth-order valence-corrected chi connectivity index (χ4v) is 3.71. The molecule has 0 spiro atoms. The van der Waals surface area contributed by atoms with E-state index in [9.17, 15) is 4.79 Å². The molecule has 3 atom stereocenters. The standard InChI is InChI=1S/C17H24N2O.ClH/c1-2-15(13-6-4-3-5-7-13)17(20)19-11-9-16-14(12-19)8-10-18-16;/h3-7,14-16,18H,2,8-12H2,1H3;1H. The first-order valence-electron chi connectivity index (χ1n) is 7.86. The van der Waals surface area contributed by atoms with Crippen LogP contribution in [0.15, 0.2) is 30.3 Å². The van der Waals surface area contributed by atoms with Gasteiger partial charge >= 0.3 is 0 Å². The molecule has 4 heteroatoms. The quantitative estimate of drug-likeness (QED) is 0.931. The summed E-state index contributed by atoms with van der Waals surface area (Å²) in [6, 6.07) is 10.9. The SMILES string of the molecule is CCC(C(=O)N1CCC2NCCC2C1)c1ccccc1.Cl. The molecule has 0 aliphatic carbocycles. The van der Waals surface area contributed by atoms with Crippen molar-refractivity contribution < 1.29 is 4.79 Å². The zero-order valence-corrected chi connectivity index (χ0v) is 13.4. The van der Waals surface area contributed by atoms with Crippen molar-refractivity contribution in [1.29, 1.82) is 0 Å². The molecule has 2 aliphatic rings. The predicted octanol–water partition coefficient (Wildman–Crippen LogP) is 2.81. The van der Waals surface area contributed by atoms with E-state index < -0.39 is 0 Å². The van der Waals surface area contributed by atoms with Gasteiger partial charge in [0.05, 0.1) is 5.92 Å². The minimum Gasteiger partial charge on any atom is -0.342 e. The Morgan fingerprint density at radius 2 is 2.10 bits per heavy atom. The molecule has 2 aliphatic heterocycles. The monoisotopic (exact) mass is 308 g/mol. The van der Waals surface area contributed by atoms with Crippen molar-refractivity contribution in [3.63, 3.8) is 0 Å². The molecule has 116 valence electrons. The van der Waals surface area contributed by atoms with Crippen LogP contribution >= 0.6 is 12.4 Å². The lowest BCUT2D eigenvalue weighted by molar-refractivity contribution is -0.134. The van der Waals surface area contributed by atoms with Gasteiger partial charge < -0.3 is 10.2 Å². The summed E-state index contributed by atoms with van der Waals surface area (Å²) < 4.78 is 0. The summed E-state index contributed by atoms with van der Waals surface area (Å²) in [4.78, 5) is 14.9. The lowest BCUT2D eigenvalue weighted by atomic mass is 9.90. The topological polar surface area (TPSA) is 32.3 Å². The van der Waals surface area contributed by atoms with Gasteiger partial charge in [-0.15, -0.1) is 12.4 Å². The van der Waals surface area contributed by atoms with Crippen LogP contribution < -0.4 is 5.32 Å². The van der Waals surface area contributed by atoms with Gasteiger partial charge in [-0.1, -0.05) is 37.3 Å². The van der Waals surface area contributed by atoms with E-state index in [0.29, 0.717) is 17.9 Å². The number of hydrogen-bond donors (Lipinski definition) is 1. The third-order valence-electron chi connectivity index (χ3n) is 4.88. The van der Waals surface area contributed by atoms with Gasteiger partial charge in [-0.05, 0) is 37.3 Å². The van der Waals surface area contributed by atoms with Gasteiger partial charge in [-0.2, -0.15) is 0 Å². The molecule has 1 aromatic carbocycles. The Kier molecular flexibility index (Phi) is 5.65. The Hall–Kier alpha value is -1.06. The lowest BCUT2D eigenvalue weighted by Crippen LogP contribution is -2.48. The van der Waals surface area contributed by atoms with Crippen molar-refractivity contribution in [3.8, 4) is 0 Å². The summed E-state index contributed by atoms with van der Waals surface area (Å²) >= 11 is 0. The number of amides is 1. The van der Waals surface area contributed by atoms with Crippen LogP contribution in [0.2, 0.25) is 0 Å². The summed E-state index contributed by atoms with van der Waals surface area (Å²) in [5.74, 6) is 1.02. The number of carbonyl (C=O) groups is 1. The Balaban J connectivity index is 0.00000161. The number of piperidine rings is 1. The van der Waals surface area contributed by atoms with Crippen molar-refractivity contribution >= 4 is 18.3 Å².